The summed E-state index contributed by atoms with van der Waals surface area (Å²) < 4.78 is 5.26. The van der Waals surface area contributed by atoms with Crippen LogP contribution in [-0.2, 0) is 0 Å². The first kappa shape index (κ1) is 16.5. The average molecular weight is 354 g/mol. The maximum absolute atomic E-state index is 12.5. The lowest BCUT2D eigenvalue weighted by Crippen LogP contribution is -2.42. The molecule has 3 unspecified atom stereocenters. The fraction of sp³-hybridized carbons (Fsp3) is 0.350. The van der Waals surface area contributed by atoms with Gasteiger partial charge in [-0.05, 0) is 61.7 Å². The van der Waals surface area contributed by atoms with Crippen LogP contribution in [0, 0.1) is 0 Å². The van der Waals surface area contributed by atoms with Gasteiger partial charge in [-0.2, -0.15) is 0 Å². The number of hydrogen-bond acceptors (Lipinski definition) is 4. The molecule has 0 radical (unpaired) electrons. The first-order valence-electron chi connectivity index (χ1n) is 8.70. The van der Waals surface area contributed by atoms with Gasteiger partial charge in [0.15, 0.2) is 0 Å². The standard InChI is InChI=1S/C20H22N2O2S/c1-24-15-3-2-4-17(12-15)25-16-8-5-13(6-9-16)20(23)22-19-11-14-7-10-18(19)21-14/h2-6,8-9,12,14,18-19,21H,7,10-11H2,1H3,(H,22,23). The molecular formula is C20H22N2O2S. The van der Waals surface area contributed by atoms with E-state index in [0.717, 1.165) is 27.5 Å². The summed E-state index contributed by atoms with van der Waals surface area (Å²) in [6.45, 7) is 0. The molecule has 0 saturated carbocycles. The number of carbonyl (C=O) groups excluding carboxylic acids is 1. The number of fused-ring (bicyclic) bond motifs is 2. The molecule has 4 nitrogen and oxygen atoms in total. The lowest BCUT2D eigenvalue weighted by atomic mass is 9.95. The molecule has 2 aliphatic heterocycles. The third-order valence-corrected chi connectivity index (χ3v) is 6.01. The van der Waals surface area contributed by atoms with Gasteiger partial charge in [-0.1, -0.05) is 17.8 Å². The van der Waals surface area contributed by atoms with Gasteiger partial charge in [-0.3, -0.25) is 4.79 Å². The largest absolute Gasteiger partial charge is 0.497 e. The monoisotopic (exact) mass is 354 g/mol. The zero-order valence-electron chi connectivity index (χ0n) is 14.2. The molecule has 2 fully saturated rings. The van der Waals surface area contributed by atoms with Gasteiger partial charge in [0, 0.05) is 33.5 Å². The Balaban J connectivity index is 1.38. The van der Waals surface area contributed by atoms with E-state index in [1.807, 2.05) is 42.5 Å². The summed E-state index contributed by atoms with van der Waals surface area (Å²) in [5.41, 5.74) is 0.720. The number of nitrogens with one attached hydrogen (secondary N) is 2. The molecular weight excluding hydrogens is 332 g/mol. The van der Waals surface area contributed by atoms with Crippen molar-refractivity contribution < 1.29 is 9.53 Å². The molecule has 25 heavy (non-hydrogen) atoms. The van der Waals surface area contributed by atoms with Crippen LogP contribution >= 0.6 is 11.8 Å². The van der Waals surface area contributed by atoms with E-state index in [0.29, 0.717) is 12.1 Å². The predicted molar refractivity (Wildman–Crippen MR) is 99.4 cm³/mol. The molecule has 2 heterocycles. The Morgan fingerprint density at radius 1 is 1.16 bits per heavy atom. The molecule has 130 valence electrons. The zero-order valence-corrected chi connectivity index (χ0v) is 15.0. The van der Waals surface area contributed by atoms with Gasteiger partial charge in [-0.15, -0.1) is 0 Å². The van der Waals surface area contributed by atoms with Crippen molar-refractivity contribution in [3.8, 4) is 5.75 Å². The highest BCUT2D eigenvalue weighted by Gasteiger charge is 2.39. The van der Waals surface area contributed by atoms with E-state index in [4.69, 9.17) is 4.74 Å². The summed E-state index contributed by atoms with van der Waals surface area (Å²) in [7, 11) is 1.67. The Morgan fingerprint density at radius 3 is 2.68 bits per heavy atom. The second kappa shape index (κ2) is 7.10. The van der Waals surface area contributed by atoms with Crippen molar-refractivity contribution in [1.29, 1.82) is 0 Å². The molecule has 2 aliphatic rings. The Morgan fingerprint density at radius 2 is 2.00 bits per heavy atom. The fourth-order valence-electron chi connectivity index (χ4n) is 3.71. The molecule has 2 N–H and O–H groups in total. The maximum Gasteiger partial charge on any atom is 0.251 e. The molecule has 0 aromatic heterocycles. The average Bonchev–Trinajstić information content (AvgIpc) is 3.25. The van der Waals surface area contributed by atoms with Crippen LogP contribution in [-0.4, -0.2) is 31.1 Å². The van der Waals surface area contributed by atoms with Crippen molar-refractivity contribution in [1.82, 2.24) is 10.6 Å². The molecule has 0 aliphatic carbocycles. The van der Waals surface area contributed by atoms with E-state index in [2.05, 4.69) is 16.7 Å². The van der Waals surface area contributed by atoms with Gasteiger partial charge in [-0.25, -0.2) is 0 Å². The maximum atomic E-state index is 12.5. The van der Waals surface area contributed by atoms with Gasteiger partial charge >= 0.3 is 0 Å². The zero-order chi connectivity index (χ0) is 17.2. The van der Waals surface area contributed by atoms with Crippen LogP contribution in [0.1, 0.15) is 29.6 Å². The molecule has 5 heteroatoms. The Bertz CT molecular complexity index is 763. The Kier molecular flexibility index (Phi) is 4.68. The second-order valence-electron chi connectivity index (χ2n) is 6.67. The van der Waals surface area contributed by atoms with Crippen molar-refractivity contribution in [2.75, 3.05) is 7.11 Å². The topological polar surface area (TPSA) is 50.4 Å². The predicted octanol–water partition coefficient (Wildman–Crippen LogP) is 3.47. The van der Waals surface area contributed by atoms with Crippen molar-refractivity contribution in [3.05, 3.63) is 54.1 Å². The number of rotatable bonds is 5. The fourth-order valence-corrected chi connectivity index (χ4v) is 4.58. The van der Waals surface area contributed by atoms with Gasteiger partial charge in [0.1, 0.15) is 5.75 Å². The lowest BCUT2D eigenvalue weighted by molar-refractivity contribution is 0.0931. The van der Waals surface area contributed by atoms with Crippen LogP contribution in [0.5, 0.6) is 5.75 Å². The molecule has 2 aromatic carbocycles. The van der Waals surface area contributed by atoms with E-state index >= 15 is 0 Å². The van der Waals surface area contributed by atoms with Crippen molar-refractivity contribution in [2.45, 2.75) is 47.2 Å². The molecule has 2 saturated heterocycles. The quantitative estimate of drug-likeness (QED) is 0.863. The van der Waals surface area contributed by atoms with Crippen LogP contribution in [0.2, 0.25) is 0 Å². The third-order valence-electron chi connectivity index (χ3n) is 5.01. The highest BCUT2D eigenvalue weighted by atomic mass is 32.2. The first-order valence-corrected chi connectivity index (χ1v) is 9.52. The third kappa shape index (κ3) is 3.67. The van der Waals surface area contributed by atoms with Crippen LogP contribution in [0.25, 0.3) is 0 Å². The summed E-state index contributed by atoms with van der Waals surface area (Å²) in [4.78, 5) is 14.7. The highest BCUT2D eigenvalue weighted by Crippen LogP contribution is 2.31. The van der Waals surface area contributed by atoms with E-state index in [9.17, 15) is 4.79 Å². The van der Waals surface area contributed by atoms with E-state index in [-0.39, 0.29) is 11.9 Å². The second-order valence-corrected chi connectivity index (χ2v) is 7.82. The van der Waals surface area contributed by atoms with E-state index in [1.165, 1.54) is 12.8 Å². The van der Waals surface area contributed by atoms with Crippen molar-refractivity contribution in [2.24, 2.45) is 0 Å². The van der Waals surface area contributed by atoms with Gasteiger partial charge in [0.2, 0.25) is 0 Å². The van der Waals surface area contributed by atoms with Crippen molar-refractivity contribution in [3.63, 3.8) is 0 Å². The highest BCUT2D eigenvalue weighted by molar-refractivity contribution is 7.99. The minimum atomic E-state index is 0.0253. The van der Waals surface area contributed by atoms with Gasteiger partial charge in [0.05, 0.1) is 7.11 Å². The molecule has 1 amide bonds. The Labute approximate surface area is 152 Å². The molecule has 0 spiro atoms. The molecule has 2 aromatic rings. The first-order chi connectivity index (χ1) is 12.2. The van der Waals surface area contributed by atoms with E-state index < -0.39 is 0 Å². The normalized spacial score (nSPS) is 24.3. The molecule has 4 rings (SSSR count). The molecule has 3 atom stereocenters. The number of hydrogen-bond donors (Lipinski definition) is 2. The smallest absolute Gasteiger partial charge is 0.251 e. The number of benzene rings is 2. The summed E-state index contributed by atoms with van der Waals surface area (Å²) in [5.74, 6) is 0.873. The van der Waals surface area contributed by atoms with Crippen LogP contribution in [0.15, 0.2) is 58.3 Å². The number of methoxy groups -OCH3 is 1. The van der Waals surface area contributed by atoms with Gasteiger partial charge < -0.3 is 15.4 Å². The molecule has 2 bridgehead atoms. The summed E-state index contributed by atoms with van der Waals surface area (Å²) in [5, 5.41) is 6.74. The summed E-state index contributed by atoms with van der Waals surface area (Å²) in [6, 6.07) is 17.1. The van der Waals surface area contributed by atoms with Crippen LogP contribution in [0.4, 0.5) is 0 Å². The van der Waals surface area contributed by atoms with E-state index in [1.54, 1.807) is 18.9 Å². The summed E-state index contributed by atoms with van der Waals surface area (Å²) in [6.07, 6.45) is 3.47. The minimum absolute atomic E-state index is 0.0253. The number of amides is 1. The summed E-state index contributed by atoms with van der Waals surface area (Å²) >= 11 is 1.66. The van der Waals surface area contributed by atoms with Crippen LogP contribution in [0.3, 0.4) is 0 Å². The Hall–Kier alpha value is -1.98. The minimum Gasteiger partial charge on any atom is -0.497 e. The SMILES string of the molecule is COc1cccc(Sc2ccc(C(=O)NC3CC4CCC3N4)cc2)c1. The number of ether oxygens (including phenoxy) is 1. The van der Waals surface area contributed by atoms with Crippen LogP contribution < -0.4 is 15.4 Å². The van der Waals surface area contributed by atoms with Gasteiger partial charge in [0.25, 0.3) is 5.91 Å². The number of carbonyl (C=O) groups is 1. The lowest BCUT2D eigenvalue weighted by Gasteiger charge is -2.21. The van der Waals surface area contributed by atoms with Crippen molar-refractivity contribution >= 4 is 17.7 Å².